The minimum atomic E-state index is -0.168. The molecule has 1 aromatic rings. The van der Waals surface area contributed by atoms with E-state index in [0.717, 1.165) is 30.0 Å². The summed E-state index contributed by atoms with van der Waals surface area (Å²) in [5, 5.41) is 10.4. The van der Waals surface area contributed by atoms with Crippen LogP contribution >= 0.6 is 0 Å². The van der Waals surface area contributed by atoms with E-state index in [1.807, 2.05) is 39.5 Å². The van der Waals surface area contributed by atoms with Gasteiger partial charge in [0.25, 0.3) is 0 Å². The smallest absolute Gasteiger partial charge is 0.239 e. The first-order valence-electron chi connectivity index (χ1n) is 6.53. The number of aromatic nitrogens is 2. The molecule has 102 valence electrons. The summed E-state index contributed by atoms with van der Waals surface area (Å²) < 4.78 is 0. The van der Waals surface area contributed by atoms with Gasteiger partial charge >= 0.3 is 0 Å². The summed E-state index contributed by atoms with van der Waals surface area (Å²) >= 11 is 0. The van der Waals surface area contributed by atoms with E-state index in [9.17, 15) is 4.79 Å². The molecule has 0 bridgehead atoms. The molecule has 0 aliphatic carbocycles. The fourth-order valence-electron chi connectivity index (χ4n) is 1.99. The Bertz CT molecular complexity index is 376. The van der Waals surface area contributed by atoms with Crippen molar-refractivity contribution in [3.8, 4) is 0 Å². The van der Waals surface area contributed by atoms with Gasteiger partial charge in [-0.15, -0.1) is 0 Å². The number of hydrogen-bond donors (Lipinski definition) is 2. The lowest BCUT2D eigenvalue weighted by molar-refractivity contribution is -0.132. The average Bonchev–Trinajstić information content (AvgIpc) is 2.67. The van der Waals surface area contributed by atoms with Gasteiger partial charge in [-0.1, -0.05) is 0 Å². The summed E-state index contributed by atoms with van der Waals surface area (Å²) in [6, 6.07) is -0.168. The summed E-state index contributed by atoms with van der Waals surface area (Å²) in [5.74, 6) is 0.152. The first-order chi connectivity index (χ1) is 8.51. The van der Waals surface area contributed by atoms with Crippen molar-refractivity contribution < 1.29 is 4.79 Å². The van der Waals surface area contributed by atoms with E-state index < -0.39 is 0 Å². The van der Waals surface area contributed by atoms with Crippen LogP contribution in [0.1, 0.15) is 37.7 Å². The summed E-state index contributed by atoms with van der Waals surface area (Å²) in [5.41, 5.74) is 3.19. The van der Waals surface area contributed by atoms with Gasteiger partial charge < -0.3 is 10.2 Å². The number of amides is 1. The van der Waals surface area contributed by atoms with Crippen LogP contribution in [0.5, 0.6) is 0 Å². The molecule has 1 heterocycles. The van der Waals surface area contributed by atoms with Gasteiger partial charge in [0, 0.05) is 30.9 Å². The molecule has 0 saturated heterocycles. The van der Waals surface area contributed by atoms with Gasteiger partial charge in [-0.25, -0.2) is 0 Å². The van der Waals surface area contributed by atoms with Crippen LogP contribution in [0.4, 0.5) is 0 Å². The van der Waals surface area contributed by atoms with Crippen LogP contribution in [0.25, 0.3) is 0 Å². The number of carbonyl (C=O) groups is 1. The molecule has 1 unspecified atom stereocenters. The lowest BCUT2D eigenvalue weighted by atomic mass is 10.2. The van der Waals surface area contributed by atoms with E-state index >= 15 is 0 Å². The highest BCUT2D eigenvalue weighted by Crippen LogP contribution is 2.09. The number of rotatable bonds is 6. The number of hydrogen-bond acceptors (Lipinski definition) is 3. The summed E-state index contributed by atoms with van der Waals surface area (Å²) in [7, 11) is 0. The zero-order valence-corrected chi connectivity index (χ0v) is 12.0. The Morgan fingerprint density at radius 3 is 2.44 bits per heavy atom. The molecule has 0 radical (unpaired) electrons. The number of H-pyrrole nitrogens is 1. The van der Waals surface area contributed by atoms with Crippen molar-refractivity contribution >= 4 is 5.91 Å². The molecule has 1 atom stereocenters. The molecule has 0 spiro atoms. The third-order valence-corrected chi connectivity index (χ3v) is 3.31. The molecule has 1 aromatic heterocycles. The minimum Gasteiger partial charge on any atom is -0.342 e. The zero-order chi connectivity index (χ0) is 13.7. The van der Waals surface area contributed by atoms with E-state index in [1.54, 1.807) is 0 Å². The lowest BCUT2D eigenvalue weighted by Gasteiger charge is -2.23. The molecule has 1 rings (SSSR count). The lowest BCUT2D eigenvalue weighted by Crippen LogP contribution is -2.44. The predicted molar refractivity (Wildman–Crippen MR) is 72.3 cm³/mol. The Hall–Kier alpha value is -1.36. The minimum absolute atomic E-state index is 0.152. The third kappa shape index (κ3) is 3.32. The fourth-order valence-corrected chi connectivity index (χ4v) is 1.99. The van der Waals surface area contributed by atoms with Crippen LogP contribution in [-0.2, 0) is 11.3 Å². The average molecular weight is 252 g/mol. The van der Waals surface area contributed by atoms with Crippen molar-refractivity contribution in [3.63, 3.8) is 0 Å². The van der Waals surface area contributed by atoms with Gasteiger partial charge in [0.2, 0.25) is 5.91 Å². The number of nitrogens with zero attached hydrogens (tertiary/aromatic N) is 2. The monoisotopic (exact) mass is 252 g/mol. The first-order valence-corrected chi connectivity index (χ1v) is 6.53. The Kier molecular flexibility index (Phi) is 5.34. The molecule has 0 aliphatic rings. The van der Waals surface area contributed by atoms with Crippen LogP contribution in [-0.4, -0.2) is 40.1 Å². The normalized spacial score (nSPS) is 12.5. The zero-order valence-electron chi connectivity index (χ0n) is 12.0. The molecule has 0 saturated carbocycles. The largest absolute Gasteiger partial charge is 0.342 e. The summed E-state index contributed by atoms with van der Waals surface area (Å²) in [4.78, 5) is 13.9. The van der Waals surface area contributed by atoms with Crippen molar-refractivity contribution in [1.29, 1.82) is 0 Å². The molecule has 5 nitrogen and oxygen atoms in total. The summed E-state index contributed by atoms with van der Waals surface area (Å²) in [6.45, 7) is 12.0. The molecule has 5 heteroatoms. The second kappa shape index (κ2) is 6.54. The number of nitrogens with one attached hydrogen (secondary N) is 2. The molecule has 0 aromatic carbocycles. The van der Waals surface area contributed by atoms with Gasteiger partial charge in [-0.2, -0.15) is 5.10 Å². The SMILES string of the molecule is CCN(CC)C(=O)C(C)NCc1c(C)n[nH]c1C. The van der Waals surface area contributed by atoms with Crippen molar-refractivity contribution in [2.24, 2.45) is 0 Å². The number of likely N-dealkylation sites (N-methyl/N-ethyl adjacent to an activating group) is 1. The van der Waals surface area contributed by atoms with Gasteiger partial charge in [0.1, 0.15) is 0 Å². The standard InChI is InChI=1S/C13H24N4O/c1-6-17(7-2)13(18)11(5)14-8-12-9(3)15-16-10(12)4/h11,14H,6-8H2,1-5H3,(H,15,16). The van der Waals surface area contributed by atoms with Gasteiger partial charge in [-0.05, 0) is 34.6 Å². The van der Waals surface area contributed by atoms with E-state index in [-0.39, 0.29) is 11.9 Å². The Morgan fingerprint density at radius 1 is 1.39 bits per heavy atom. The topological polar surface area (TPSA) is 61.0 Å². The van der Waals surface area contributed by atoms with E-state index in [1.165, 1.54) is 0 Å². The highest BCUT2D eigenvalue weighted by Gasteiger charge is 2.18. The molecule has 0 fully saturated rings. The quantitative estimate of drug-likeness (QED) is 0.804. The molecule has 0 aliphatic heterocycles. The molecule has 18 heavy (non-hydrogen) atoms. The van der Waals surface area contributed by atoms with Gasteiger partial charge in [0.15, 0.2) is 0 Å². The molecule has 1 amide bonds. The number of carbonyl (C=O) groups excluding carboxylic acids is 1. The number of aryl methyl sites for hydroxylation is 2. The maximum absolute atomic E-state index is 12.1. The summed E-state index contributed by atoms with van der Waals surface area (Å²) in [6.07, 6.45) is 0. The van der Waals surface area contributed by atoms with Crippen molar-refractivity contribution in [1.82, 2.24) is 20.4 Å². The fraction of sp³-hybridized carbons (Fsp3) is 0.692. The Labute approximate surface area is 109 Å². The van der Waals surface area contributed by atoms with Crippen molar-refractivity contribution in [2.45, 2.75) is 47.2 Å². The van der Waals surface area contributed by atoms with Crippen LogP contribution in [0.3, 0.4) is 0 Å². The van der Waals surface area contributed by atoms with Crippen LogP contribution in [0.15, 0.2) is 0 Å². The van der Waals surface area contributed by atoms with Crippen LogP contribution in [0.2, 0.25) is 0 Å². The highest BCUT2D eigenvalue weighted by molar-refractivity contribution is 5.81. The highest BCUT2D eigenvalue weighted by atomic mass is 16.2. The maximum Gasteiger partial charge on any atom is 0.239 e. The van der Waals surface area contributed by atoms with E-state index in [4.69, 9.17) is 0 Å². The maximum atomic E-state index is 12.1. The third-order valence-electron chi connectivity index (χ3n) is 3.31. The van der Waals surface area contributed by atoms with Crippen molar-refractivity contribution in [2.75, 3.05) is 13.1 Å². The van der Waals surface area contributed by atoms with Crippen LogP contribution < -0.4 is 5.32 Å². The molecule has 2 N–H and O–H groups in total. The predicted octanol–water partition coefficient (Wildman–Crippen LogP) is 1.37. The second-order valence-electron chi connectivity index (χ2n) is 4.53. The Morgan fingerprint density at radius 2 is 2.00 bits per heavy atom. The van der Waals surface area contributed by atoms with Crippen molar-refractivity contribution in [3.05, 3.63) is 17.0 Å². The van der Waals surface area contributed by atoms with Gasteiger partial charge in [-0.3, -0.25) is 9.89 Å². The number of aromatic amines is 1. The molecular formula is C13H24N4O. The first kappa shape index (κ1) is 14.7. The van der Waals surface area contributed by atoms with Crippen LogP contribution in [0, 0.1) is 13.8 Å². The van der Waals surface area contributed by atoms with E-state index in [2.05, 4.69) is 15.5 Å². The Balaban J connectivity index is 2.56. The van der Waals surface area contributed by atoms with E-state index in [0.29, 0.717) is 6.54 Å². The second-order valence-corrected chi connectivity index (χ2v) is 4.53. The molecular weight excluding hydrogens is 228 g/mol. The van der Waals surface area contributed by atoms with Gasteiger partial charge in [0.05, 0.1) is 11.7 Å².